The number of nitrogens with zero attached hydrogens (tertiary/aromatic N) is 2. The predicted octanol–water partition coefficient (Wildman–Crippen LogP) is 3.08. The maximum atomic E-state index is 11.8. The van der Waals surface area contributed by atoms with Gasteiger partial charge in [0.2, 0.25) is 0 Å². The van der Waals surface area contributed by atoms with Crippen LogP contribution in [0.2, 0.25) is 0 Å². The van der Waals surface area contributed by atoms with Crippen molar-refractivity contribution in [2.45, 2.75) is 6.92 Å². The van der Waals surface area contributed by atoms with Crippen molar-refractivity contribution in [2.24, 2.45) is 0 Å². The number of anilines is 1. The quantitative estimate of drug-likeness (QED) is 0.646. The Labute approximate surface area is 127 Å². The molecule has 0 atom stereocenters. The van der Waals surface area contributed by atoms with Crippen molar-refractivity contribution in [1.29, 1.82) is 0 Å². The van der Waals surface area contributed by atoms with Crippen LogP contribution in [-0.2, 0) is 0 Å². The van der Waals surface area contributed by atoms with Gasteiger partial charge in [0.25, 0.3) is 0 Å². The molecule has 2 amide bonds. The molecule has 1 rings (SSSR count). The van der Waals surface area contributed by atoms with Gasteiger partial charge >= 0.3 is 12.2 Å². The Balaban J connectivity index is 2.80. The first-order valence-electron chi connectivity index (χ1n) is 5.84. The highest BCUT2D eigenvalue weighted by Gasteiger charge is 2.15. The van der Waals surface area contributed by atoms with Gasteiger partial charge in [0.1, 0.15) is 5.75 Å². The SMILES string of the molecule is CCN(CCCl)C(=O)Oc1cccc(N(S)C(=O)O)c1. The van der Waals surface area contributed by atoms with Gasteiger partial charge in [-0.15, -0.1) is 11.6 Å². The van der Waals surface area contributed by atoms with Gasteiger partial charge in [0, 0.05) is 25.0 Å². The normalized spacial score (nSPS) is 9.95. The van der Waals surface area contributed by atoms with Crippen molar-refractivity contribution in [3.05, 3.63) is 24.3 Å². The van der Waals surface area contributed by atoms with E-state index in [1.165, 1.54) is 17.0 Å². The van der Waals surface area contributed by atoms with Gasteiger partial charge in [-0.25, -0.2) is 13.9 Å². The van der Waals surface area contributed by atoms with Crippen LogP contribution in [0.4, 0.5) is 15.3 Å². The number of amides is 2. The maximum absolute atomic E-state index is 11.8. The van der Waals surface area contributed by atoms with E-state index in [0.29, 0.717) is 19.0 Å². The molecule has 1 aromatic carbocycles. The highest BCUT2D eigenvalue weighted by atomic mass is 35.5. The van der Waals surface area contributed by atoms with Gasteiger partial charge in [0.15, 0.2) is 0 Å². The van der Waals surface area contributed by atoms with E-state index >= 15 is 0 Å². The van der Waals surface area contributed by atoms with E-state index in [1.54, 1.807) is 12.1 Å². The molecule has 110 valence electrons. The predicted molar refractivity (Wildman–Crippen MR) is 79.9 cm³/mol. The van der Waals surface area contributed by atoms with Gasteiger partial charge in [0.05, 0.1) is 5.69 Å². The third kappa shape index (κ3) is 4.50. The molecule has 0 fully saturated rings. The fourth-order valence-corrected chi connectivity index (χ4v) is 1.76. The van der Waals surface area contributed by atoms with E-state index in [1.807, 2.05) is 6.92 Å². The summed E-state index contributed by atoms with van der Waals surface area (Å²) in [6.45, 7) is 2.66. The number of hydrogen-bond donors (Lipinski definition) is 2. The number of hydrogen-bond acceptors (Lipinski definition) is 4. The molecule has 0 aliphatic carbocycles. The van der Waals surface area contributed by atoms with Gasteiger partial charge in [-0.3, -0.25) is 0 Å². The summed E-state index contributed by atoms with van der Waals surface area (Å²) in [6, 6.07) is 6.07. The van der Waals surface area contributed by atoms with E-state index in [9.17, 15) is 9.59 Å². The summed E-state index contributed by atoms with van der Waals surface area (Å²) >= 11 is 9.40. The molecule has 20 heavy (non-hydrogen) atoms. The van der Waals surface area contributed by atoms with Crippen LogP contribution in [-0.4, -0.2) is 41.2 Å². The van der Waals surface area contributed by atoms with E-state index in [2.05, 4.69) is 12.8 Å². The zero-order valence-electron chi connectivity index (χ0n) is 10.8. The Bertz CT molecular complexity index is 486. The fourth-order valence-electron chi connectivity index (χ4n) is 1.44. The Hall–Kier alpha value is -1.60. The number of carbonyl (C=O) groups is 2. The molecule has 0 saturated heterocycles. The van der Waals surface area contributed by atoms with Crippen molar-refractivity contribution in [2.75, 3.05) is 23.3 Å². The third-order valence-electron chi connectivity index (χ3n) is 2.44. The second-order valence-electron chi connectivity index (χ2n) is 3.73. The minimum absolute atomic E-state index is 0.237. The first-order valence-corrected chi connectivity index (χ1v) is 6.77. The highest BCUT2D eigenvalue weighted by molar-refractivity contribution is 7.82. The molecule has 8 heteroatoms. The minimum Gasteiger partial charge on any atom is -0.464 e. The molecule has 0 aliphatic heterocycles. The van der Waals surface area contributed by atoms with Crippen molar-refractivity contribution >= 4 is 42.3 Å². The Kier molecular flexibility index (Phi) is 6.47. The Morgan fingerprint density at radius 2 is 2.15 bits per heavy atom. The average molecular weight is 319 g/mol. The summed E-state index contributed by atoms with van der Waals surface area (Å²) in [7, 11) is 0. The second-order valence-corrected chi connectivity index (χ2v) is 4.51. The van der Waals surface area contributed by atoms with Crippen LogP contribution < -0.4 is 9.04 Å². The number of benzene rings is 1. The van der Waals surface area contributed by atoms with Gasteiger partial charge in [-0.2, -0.15) is 0 Å². The molecule has 6 nitrogen and oxygen atoms in total. The van der Waals surface area contributed by atoms with Crippen molar-refractivity contribution in [3.63, 3.8) is 0 Å². The topological polar surface area (TPSA) is 70.1 Å². The second kappa shape index (κ2) is 7.86. The lowest BCUT2D eigenvalue weighted by Gasteiger charge is -2.19. The van der Waals surface area contributed by atoms with Crippen LogP contribution in [0.3, 0.4) is 0 Å². The molecular weight excluding hydrogens is 304 g/mol. The van der Waals surface area contributed by atoms with Gasteiger partial charge in [-0.1, -0.05) is 18.9 Å². The molecule has 0 bridgehead atoms. The van der Waals surface area contributed by atoms with Crippen molar-refractivity contribution in [1.82, 2.24) is 4.90 Å². The molecule has 0 aromatic heterocycles. The number of thiol groups is 1. The van der Waals surface area contributed by atoms with Crippen molar-refractivity contribution < 1.29 is 19.4 Å². The van der Waals surface area contributed by atoms with Crippen LogP contribution >= 0.6 is 24.4 Å². The molecule has 0 radical (unpaired) electrons. The number of halogens is 1. The summed E-state index contributed by atoms with van der Waals surface area (Å²) in [5.74, 6) is 0.549. The largest absolute Gasteiger partial charge is 0.464 e. The number of ether oxygens (including phenoxy) is 1. The summed E-state index contributed by atoms with van der Waals surface area (Å²) in [6.07, 6.45) is -1.76. The fraction of sp³-hybridized carbons (Fsp3) is 0.333. The Morgan fingerprint density at radius 1 is 1.45 bits per heavy atom. The molecule has 0 spiro atoms. The summed E-state index contributed by atoms with van der Waals surface area (Å²) < 4.78 is 5.90. The van der Waals surface area contributed by atoms with E-state index < -0.39 is 12.2 Å². The third-order valence-corrected chi connectivity index (χ3v) is 3.01. The summed E-state index contributed by atoms with van der Waals surface area (Å²) in [4.78, 5) is 24.1. The van der Waals surface area contributed by atoms with Crippen LogP contribution in [0.1, 0.15) is 6.92 Å². The lowest BCUT2D eigenvalue weighted by atomic mass is 10.3. The van der Waals surface area contributed by atoms with E-state index in [4.69, 9.17) is 21.4 Å². The van der Waals surface area contributed by atoms with Crippen LogP contribution in [0.15, 0.2) is 24.3 Å². The van der Waals surface area contributed by atoms with Gasteiger partial charge in [-0.05, 0) is 19.1 Å². The number of alkyl halides is 1. The first kappa shape index (κ1) is 16.5. The minimum atomic E-state index is -1.23. The monoisotopic (exact) mass is 318 g/mol. The average Bonchev–Trinajstić information content (AvgIpc) is 2.43. The lowest BCUT2D eigenvalue weighted by molar-refractivity contribution is 0.157. The van der Waals surface area contributed by atoms with Crippen LogP contribution in [0.5, 0.6) is 5.75 Å². The number of carbonyl (C=O) groups excluding carboxylic acids is 1. The number of carboxylic acid groups (broad SMARTS) is 1. The molecule has 1 aromatic rings. The van der Waals surface area contributed by atoms with Crippen LogP contribution in [0.25, 0.3) is 0 Å². The smallest absolute Gasteiger partial charge is 0.421 e. The Morgan fingerprint density at radius 3 is 2.70 bits per heavy atom. The summed E-state index contributed by atoms with van der Waals surface area (Å²) in [5.41, 5.74) is 0.284. The standard InChI is InChI=1S/C12H15ClN2O4S/c1-2-14(7-6-13)12(18)19-10-5-3-4-9(8-10)15(20)11(16)17/h3-5,8,20H,2,6-7H2,1H3,(H,16,17). The van der Waals surface area contributed by atoms with E-state index in [-0.39, 0.29) is 11.4 Å². The zero-order chi connectivity index (χ0) is 15.1. The van der Waals surface area contributed by atoms with Crippen molar-refractivity contribution in [3.8, 4) is 5.75 Å². The lowest BCUT2D eigenvalue weighted by Crippen LogP contribution is -2.34. The molecule has 0 saturated carbocycles. The molecule has 1 N–H and O–H groups in total. The molecule has 0 aliphatic rings. The van der Waals surface area contributed by atoms with Crippen LogP contribution in [0, 0.1) is 0 Å². The van der Waals surface area contributed by atoms with Gasteiger partial charge < -0.3 is 14.7 Å². The molecular formula is C12H15ClN2O4S. The molecule has 0 heterocycles. The number of rotatable bonds is 5. The van der Waals surface area contributed by atoms with E-state index in [0.717, 1.165) is 4.31 Å². The summed E-state index contributed by atoms with van der Waals surface area (Å²) in [5, 5.41) is 8.82. The first-order chi connectivity index (χ1) is 9.49. The molecule has 0 unspecified atom stereocenters. The maximum Gasteiger partial charge on any atom is 0.421 e. The highest BCUT2D eigenvalue weighted by Crippen LogP contribution is 2.23. The zero-order valence-corrected chi connectivity index (χ0v) is 12.5.